The number of methoxy groups -OCH3 is 2. The summed E-state index contributed by atoms with van der Waals surface area (Å²) in [6, 6.07) is 13.2. The summed E-state index contributed by atoms with van der Waals surface area (Å²) in [5.41, 5.74) is 2.97. The van der Waals surface area contributed by atoms with Crippen molar-refractivity contribution in [2.75, 3.05) is 14.2 Å². The maximum absolute atomic E-state index is 12.4. The van der Waals surface area contributed by atoms with Crippen LogP contribution in [0.2, 0.25) is 0 Å². The van der Waals surface area contributed by atoms with Crippen LogP contribution in [0.1, 0.15) is 21.9 Å². The second kappa shape index (κ2) is 8.97. The fourth-order valence-electron chi connectivity index (χ4n) is 2.80. The molecule has 2 aromatic heterocycles. The molecule has 4 rings (SSSR count). The Bertz CT molecular complexity index is 1200. The predicted octanol–water partition coefficient (Wildman–Crippen LogP) is 4.54. The topological polar surface area (TPSA) is 96.6 Å². The number of nitrogens with zero attached hydrogens (tertiary/aromatic N) is 3. The Morgan fingerprint density at radius 2 is 1.74 bits per heavy atom. The molecule has 0 saturated carbocycles. The van der Waals surface area contributed by atoms with Gasteiger partial charge >= 0.3 is 5.97 Å². The highest BCUT2D eigenvalue weighted by Crippen LogP contribution is 2.33. The van der Waals surface area contributed by atoms with E-state index in [-0.39, 0.29) is 18.2 Å². The molecular formula is C22H19N3O5S. The molecule has 0 amide bonds. The third-order valence-electron chi connectivity index (χ3n) is 4.45. The maximum Gasteiger partial charge on any atom is 0.358 e. The quantitative estimate of drug-likeness (QED) is 0.389. The summed E-state index contributed by atoms with van der Waals surface area (Å²) in [6.07, 6.45) is 0. The summed E-state index contributed by atoms with van der Waals surface area (Å²) in [6.45, 7) is 1.86. The van der Waals surface area contributed by atoms with Crippen molar-refractivity contribution in [3.63, 3.8) is 0 Å². The number of ether oxygens (including phenoxy) is 3. The van der Waals surface area contributed by atoms with E-state index in [1.165, 1.54) is 11.3 Å². The molecule has 0 N–H and O–H groups in total. The monoisotopic (exact) mass is 437 g/mol. The Kier molecular flexibility index (Phi) is 5.94. The fourth-order valence-corrected chi connectivity index (χ4v) is 3.59. The Morgan fingerprint density at radius 1 is 1.00 bits per heavy atom. The van der Waals surface area contributed by atoms with Gasteiger partial charge in [-0.15, -0.1) is 11.3 Å². The molecule has 0 saturated heterocycles. The molecule has 0 fully saturated rings. The first-order valence-corrected chi connectivity index (χ1v) is 10.2. The summed E-state index contributed by atoms with van der Waals surface area (Å²) < 4.78 is 21.0. The van der Waals surface area contributed by atoms with Crippen molar-refractivity contribution in [2.24, 2.45) is 0 Å². The second-order valence-corrected chi connectivity index (χ2v) is 7.42. The summed E-state index contributed by atoms with van der Waals surface area (Å²) in [4.78, 5) is 21.0. The molecule has 2 heterocycles. The Morgan fingerprint density at radius 3 is 2.48 bits per heavy atom. The number of carbonyl (C=O) groups excluding carboxylic acids is 1. The van der Waals surface area contributed by atoms with E-state index in [0.717, 1.165) is 16.7 Å². The summed E-state index contributed by atoms with van der Waals surface area (Å²) in [7, 11) is 3.14. The molecule has 0 atom stereocenters. The van der Waals surface area contributed by atoms with Crippen LogP contribution in [0.5, 0.6) is 11.5 Å². The van der Waals surface area contributed by atoms with Crippen LogP contribution in [0, 0.1) is 6.92 Å². The number of thiazole rings is 1. The lowest BCUT2D eigenvalue weighted by Gasteiger charge is -2.08. The van der Waals surface area contributed by atoms with E-state index in [9.17, 15) is 4.79 Å². The lowest BCUT2D eigenvalue weighted by Crippen LogP contribution is -2.05. The summed E-state index contributed by atoms with van der Waals surface area (Å²) in [5, 5.41) is 6.23. The van der Waals surface area contributed by atoms with Crippen molar-refractivity contribution >= 4 is 17.3 Å². The van der Waals surface area contributed by atoms with E-state index < -0.39 is 5.97 Å². The zero-order chi connectivity index (χ0) is 21.8. The van der Waals surface area contributed by atoms with E-state index in [2.05, 4.69) is 15.1 Å². The van der Waals surface area contributed by atoms with Gasteiger partial charge in [0.15, 0.2) is 23.8 Å². The Balaban J connectivity index is 1.41. The van der Waals surface area contributed by atoms with Crippen molar-refractivity contribution in [2.45, 2.75) is 13.5 Å². The van der Waals surface area contributed by atoms with Crippen molar-refractivity contribution in [3.05, 3.63) is 65.0 Å². The maximum atomic E-state index is 12.4. The molecule has 4 aromatic rings. The van der Waals surface area contributed by atoms with Crippen LogP contribution in [0.25, 0.3) is 22.0 Å². The number of aryl methyl sites for hydroxylation is 1. The van der Waals surface area contributed by atoms with Gasteiger partial charge in [0.2, 0.25) is 5.82 Å². The molecular weight excluding hydrogens is 418 g/mol. The van der Waals surface area contributed by atoms with Crippen LogP contribution >= 0.6 is 11.3 Å². The molecule has 0 radical (unpaired) electrons. The van der Waals surface area contributed by atoms with E-state index in [4.69, 9.17) is 18.7 Å². The number of benzene rings is 2. The van der Waals surface area contributed by atoms with Crippen molar-refractivity contribution in [3.8, 4) is 33.5 Å². The normalized spacial score (nSPS) is 10.7. The van der Waals surface area contributed by atoms with Gasteiger partial charge in [-0.1, -0.05) is 35.0 Å². The third-order valence-corrected chi connectivity index (χ3v) is 5.34. The highest BCUT2D eigenvalue weighted by atomic mass is 32.1. The third kappa shape index (κ3) is 4.56. The zero-order valence-corrected chi connectivity index (χ0v) is 17.9. The predicted molar refractivity (Wildman–Crippen MR) is 114 cm³/mol. The zero-order valence-electron chi connectivity index (χ0n) is 17.1. The van der Waals surface area contributed by atoms with Gasteiger partial charge in [-0.2, -0.15) is 4.98 Å². The minimum atomic E-state index is -0.571. The summed E-state index contributed by atoms with van der Waals surface area (Å²) in [5.74, 6) is 1.28. The van der Waals surface area contributed by atoms with Crippen LogP contribution < -0.4 is 9.47 Å². The highest BCUT2D eigenvalue weighted by molar-refractivity contribution is 7.13. The van der Waals surface area contributed by atoms with E-state index in [1.807, 2.05) is 37.3 Å². The number of carbonyl (C=O) groups is 1. The lowest BCUT2D eigenvalue weighted by molar-refractivity contribution is 0.0424. The largest absolute Gasteiger partial charge is 0.493 e. The second-order valence-electron chi connectivity index (χ2n) is 6.56. The Labute approximate surface area is 182 Å². The van der Waals surface area contributed by atoms with Gasteiger partial charge in [0, 0.05) is 16.5 Å². The molecule has 8 nitrogen and oxygen atoms in total. The number of hydrogen-bond acceptors (Lipinski definition) is 9. The molecule has 2 aromatic carbocycles. The van der Waals surface area contributed by atoms with Crippen LogP contribution in [0.3, 0.4) is 0 Å². The van der Waals surface area contributed by atoms with E-state index in [1.54, 1.807) is 31.7 Å². The van der Waals surface area contributed by atoms with E-state index in [0.29, 0.717) is 22.3 Å². The van der Waals surface area contributed by atoms with Gasteiger partial charge in [0.25, 0.3) is 5.89 Å². The minimum Gasteiger partial charge on any atom is -0.493 e. The highest BCUT2D eigenvalue weighted by Gasteiger charge is 2.17. The SMILES string of the molecule is COc1ccc(-c2nc(C(=O)OCc3nc(-c4ccc(C)cc4)no3)cs2)cc1OC. The number of esters is 1. The molecule has 158 valence electrons. The van der Waals surface area contributed by atoms with Gasteiger partial charge in [-0.05, 0) is 25.1 Å². The number of aromatic nitrogens is 3. The average Bonchev–Trinajstić information content (AvgIpc) is 3.48. The molecule has 0 spiro atoms. The van der Waals surface area contributed by atoms with Gasteiger partial charge in [0.1, 0.15) is 5.01 Å². The molecule has 0 aliphatic rings. The first kappa shape index (κ1) is 20.5. The minimum absolute atomic E-state index is 0.138. The standard InChI is InChI=1S/C22H19N3O5S/c1-13-4-6-14(7-5-13)20-24-19(30-25-20)11-29-22(26)16-12-31-21(23-16)15-8-9-17(27-2)18(10-15)28-3/h4-10,12H,11H2,1-3H3. The first-order chi connectivity index (χ1) is 15.1. The van der Waals surface area contributed by atoms with Gasteiger partial charge in [-0.3, -0.25) is 0 Å². The van der Waals surface area contributed by atoms with E-state index >= 15 is 0 Å². The molecule has 9 heteroatoms. The van der Waals surface area contributed by atoms with Crippen LogP contribution in [0.4, 0.5) is 0 Å². The van der Waals surface area contributed by atoms with Crippen LogP contribution in [-0.2, 0) is 11.3 Å². The Hall–Kier alpha value is -3.72. The molecule has 0 aliphatic heterocycles. The molecule has 0 aliphatic carbocycles. The smallest absolute Gasteiger partial charge is 0.358 e. The summed E-state index contributed by atoms with van der Waals surface area (Å²) >= 11 is 1.33. The van der Waals surface area contributed by atoms with Gasteiger partial charge in [-0.25, -0.2) is 9.78 Å². The fraction of sp³-hybridized carbons (Fsp3) is 0.182. The van der Waals surface area contributed by atoms with Crippen molar-refractivity contribution < 1.29 is 23.5 Å². The van der Waals surface area contributed by atoms with Crippen LogP contribution in [0.15, 0.2) is 52.4 Å². The van der Waals surface area contributed by atoms with Gasteiger partial charge in [0.05, 0.1) is 14.2 Å². The van der Waals surface area contributed by atoms with Crippen LogP contribution in [-0.4, -0.2) is 35.3 Å². The van der Waals surface area contributed by atoms with Crippen molar-refractivity contribution in [1.29, 1.82) is 0 Å². The lowest BCUT2D eigenvalue weighted by atomic mass is 10.1. The first-order valence-electron chi connectivity index (χ1n) is 9.32. The average molecular weight is 437 g/mol. The molecule has 0 bridgehead atoms. The number of hydrogen-bond donors (Lipinski definition) is 0. The number of rotatable bonds is 7. The molecule has 0 unspecified atom stereocenters. The molecule has 31 heavy (non-hydrogen) atoms. The van der Waals surface area contributed by atoms with Gasteiger partial charge < -0.3 is 18.7 Å². The van der Waals surface area contributed by atoms with Crippen molar-refractivity contribution in [1.82, 2.24) is 15.1 Å².